The molecule has 1 atom stereocenters. The Kier molecular flexibility index (Phi) is 18.0. The van der Waals surface area contributed by atoms with Crippen molar-refractivity contribution in [3.05, 3.63) is 0 Å². The fraction of sp³-hybridized carbons (Fsp3) is 0.875. The first-order chi connectivity index (χ1) is 9.57. The maximum absolute atomic E-state index is 10.9. The van der Waals surface area contributed by atoms with Crippen molar-refractivity contribution in [1.29, 1.82) is 0 Å². The van der Waals surface area contributed by atoms with Crippen LogP contribution in [0.3, 0.4) is 0 Å². The van der Waals surface area contributed by atoms with E-state index in [1.165, 1.54) is 44.9 Å². The van der Waals surface area contributed by atoms with Gasteiger partial charge in [0.2, 0.25) is 0 Å². The van der Waals surface area contributed by atoms with Crippen LogP contribution >= 0.6 is 0 Å². The van der Waals surface area contributed by atoms with E-state index in [9.17, 15) is 9.59 Å². The zero-order chi connectivity index (χ0) is 15.2. The Morgan fingerprint density at radius 3 is 1.62 bits per heavy atom. The molecule has 2 N–H and O–H groups in total. The van der Waals surface area contributed by atoms with E-state index in [4.69, 9.17) is 10.2 Å². The van der Waals surface area contributed by atoms with Gasteiger partial charge < -0.3 is 10.2 Å². The van der Waals surface area contributed by atoms with E-state index in [0.717, 1.165) is 19.3 Å². The van der Waals surface area contributed by atoms with Gasteiger partial charge in [-0.3, -0.25) is 9.59 Å². The summed E-state index contributed by atoms with van der Waals surface area (Å²) in [6.07, 6.45) is 12.2. The maximum Gasteiger partial charge on any atom is 0.307 e. The molecule has 0 fully saturated rings. The van der Waals surface area contributed by atoms with Crippen molar-refractivity contribution in [3.8, 4) is 0 Å². The molecule has 0 aromatic carbocycles. The predicted octanol–water partition coefficient (Wildman–Crippen LogP) is 4.09. The van der Waals surface area contributed by atoms with E-state index in [-0.39, 0.29) is 36.0 Å². The van der Waals surface area contributed by atoms with Crippen molar-refractivity contribution in [1.82, 2.24) is 0 Å². The Morgan fingerprint density at radius 1 is 0.810 bits per heavy atom. The van der Waals surface area contributed by atoms with E-state index in [1.807, 2.05) is 0 Å². The number of unbranched alkanes of at least 4 members (excludes halogenated alkanes) is 9. The zero-order valence-electron chi connectivity index (χ0n) is 13.8. The summed E-state index contributed by atoms with van der Waals surface area (Å²) in [6, 6.07) is 0. The van der Waals surface area contributed by atoms with Crippen molar-refractivity contribution in [3.63, 3.8) is 0 Å². The van der Waals surface area contributed by atoms with Crippen LogP contribution in [-0.2, 0) is 9.59 Å². The van der Waals surface area contributed by atoms with Crippen molar-refractivity contribution >= 4 is 41.5 Å². The van der Waals surface area contributed by atoms with E-state index in [1.54, 1.807) is 0 Å². The quantitative estimate of drug-likeness (QED) is 0.374. The molecule has 0 aromatic heterocycles. The molecule has 0 rings (SSSR count). The third-order valence-electron chi connectivity index (χ3n) is 3.68. The molecule has 5 heteroatoms. The Balaban J connectivity index is 0. The summed E-state index contributed by atoms with van der Waals surface area (Å²) in [5.41, 5.74) is 0. The normalized spacial score (nSPS) is 11.7. The largest absolute Gasteiger partial charge is 0.481 e. The van der Waals surface area contributed by atoms with Crippen LogP contribution < -0.4 is 0 Å². The molecule has 4 nitrogen and oxygen atoms in total. The van der Waals surface area contributed by atoms with Crippen LogP contribution in [0.4, 0.5) is 0 Å². The topological polar surface area (TPSA) is 74.6 Å². The minimum atomic E-state index is -1.02. The van der Waals surface area contributed by atoms with Gasteiger partial charge in [0.15, 0.2) is 0 Å². The number of hydrogen-bond acceptors (Lipinski definition) is 2. The second kappa shape index (κ2) is 16.3. The molecule has 0 bridgehead atoms. The summed E-state index contributed by atoms with van der Waals surface area (Å²) < 4.78 is 0. The molecule has 1 unspecified atom stereocenters. The van der Waals surface area contributed by atoms with Crippen LogP contribution in [0.2, 0.25) is 0 Å². The van der Waals surface area contributed by atoms with Crippen LogP contribution in [0.25, 0.3) is 0 Å². The monoisotopic (exact) mass is 309 g/mol. The first-order valence-corrected chi connectivity index (χ1v) is 8.02. The fourth-order valence-electron chi connectivity index (χ4n) is 2.40. The Morgan fingerprint density at radius 2 is 1.24 bits per heavy atom. The minimum absolute atomic E-state index is 0. The summed E-state index contributed by atoms with van der Waals surface area (Å²) in [6.45, 7) is 2.22. The van der Waals surface area contributed by atoms with Crippen molar-refractivity contribution in [2.75, 3.05) is 0 Å². The summed E-state index contributed by atoms with van der Waals surface area (Å²) in [7, 11) is 0. The summed E-state index contributed by atoms with van der Waals surface area (Å²) in [5, 5.41) is 17.5. The van der Waals surface area contributed by atoms with Crippen molar-refractivity contribution in [2.24, 2.45) is 5.92 Å². The molecule has 0 aliphatic carbocycles. The Labute approximate surface area is 151 Å². The first-order valence-electron chi connectivity index (χ1n) is 8.02. The van der Waals surface area contributed by atoms with Crippen LogP contribution in [0, 0.1) is 5.92 Å². The molecular formula is C16H30NaO4. The molecule has 0 aliphatic heterocycles. The molecule has 0 saturated heterocycles. The Bertz CT molecular complexity index is 269. The number of carboxylic acids is 2. The smallest absolute Gasteiger partial charge is 0.307 e. The molecule has 21 heavy (non-hydrogen) atoms. The average Bonchev–Trinajstić information content (AvgIpc) is 2.39. The van der Waals surface area contributed by atoms with Crippen molar-refractivity contribution < 1.29 is 19.8 Å². The Hall–Kier alpha value is -0.0600. The van der Waals surface area contributed by atoms with Crippen LogP contribution in [-0.4, -0.2) is 51.7 Å². The van der Waals surface area contributed by atoms with Crippen LogP contribution in [0.1, 0.15) is 84.0 Å². The predicted molar refractivity (Wildman–Crippen MR) is 85.6 cm³/mol. The first kappa shape index (κ1) is 23.2. The van der Waals surface area contributed by atoms with E-state index < -0.39 is 17.9 Å². The molecule has 0 heterocycles. The van der Waals surface area contributed by atoms with Gasteiger partial charge in [0.1, 0.15) is 0 Å². The molecule has 0 saturated carbocycles. The second-order valence-corrected chi connectivity index (χ2v) is 5.60. The van der Waals surface area contributed by atoms with Gasteiger partial charge in [-0.2, -0.15) is 0 Å². The number of carbonyl (C=O) groups is 2. The van der Waals surface area contributed by atoms with E-state index in [2.05, 4.69) is 6.92 Å². The van der Waals surface area contributed by atoms with E-state index in [0.29, 0.717) is 6.42 Å². The van der Waals surface area contributed by atoms with Crippen LogP contribution in [0.15, 0.2) is 0 Å². The number of aliphatic carboxylic acids is 2. The van der Waals surface area contributed by atoms with Crippen LogP contribution in [0.5, 0.6) is 0 Å². The van der Waals surface area contributed by atoms with Gasteiger partial charge in [0.05, 0.1) is 12.3 Å². The molecule has 0 spiro atoms. The van der Waals surface area contributed by atoms with Gasteiger partial charge >= 0.3 is 11.9 Å². The SMILES string of the molecule is CCCCCCCCCCCCC(CC(=O)O)C(=O)O.[Na]. The van der Waals surface area contributed by atoms with Gasteiger partial charge in [0.25, 0.3) is 0 Å². The summed E-state index contributed by atoms with van der Waals surface area (Å²) in [4.78, 5) is 21.4. The standard InChI is InChI=1S/C16H30O4.Na/c1-2-3-4-5-6-7-8-9-10-11-12-14(16(19)20)13-15(17)18;/h14H,2-13H2,1H3,(H,17,18)(H,19,20);. The number of rotatable bonds is 14. The van der Waals surface area contributed by atoms with Gasteiger partial charge in [-0.15, -0.1) is 0 Å². The summed E-state index contributed by atoms with van der Waals surface area (Å²) >= 11 is 0. The fourth-order valence-corrected chi connectivity index (χ4v) is 2.40. The summed E-state index contributed by atoms with van der Waals surface area (Å²) in [5.74, 6) is -2.73. The van der Waals surface area contributed by atoms with Gasteiger partial charge in [-0.25, -0.2) is 0 Å². The van der Waals surface area contributed by atoms with Gasteiger partial charge in [0, 0.05) is 29.6 Å². The maximum atomic E-state index is 10.9. The third-order valence-corrected chi connectivity index (χ3v) is 3.68. The van der Waals surface area contributed by atoms with Crippen molar-refractivity contribution in [2.45, 2.75) is 84.0 Å². The minimum Gasteiger partial charge on any atom is -0.481 e. The molecule has 0 aromatic rings. The number of hydrogen-bond donors (Lipinski definition) is 2. The zero-order valence-corrected chi connectivity index (χ0v) is 15.8. The molecular weight excluding hydrogens is 279 g/mol. The molecule has 1 radical (unpaired) electrons. The third kappa shape index (κ3) is 16.1. The average molecular weight is 309 g/mol. The molecule has 119 valence electrons. The number of carboxylic acid groups (broad SMARTS) is 2. The van der Waals surface area contributed by atoms with Gasteiger partial charge in [-0.1, -0.05) is 71.1 Å². The van der Waals surface area contributed by atoms with E-state index >= 15 is 0 Å². The molecule has 0 amide bonds. The molecule has 0 aliphatic rings. The van der Waals surface area contributed by atoms with Gasteiger partial charge in [-0.05, 0) is 6.42 Å². The second-order valence-electron chi connectivity index (χ2n) is 5.60.